The van der Waals surface area contributed by atoms with Crippen LogP contribution in [-0.4, -0.2) is 23.6 Å². The van der Waals surface area contributed by atoms with Crippen molar-refractivity contribution in [3.05, 3.63) is 155 Å². The lowest BCUT2D eigenvalue weighted by Gasteiger charge is -2.20. The first kappa shape index (κ1) is 30.5. The summed E-state index contributed by atoms with van der Waals surface area (Å²) < 4.78 is 0. The highest BCUT2D eigenvalue weighted by molar-refractivity contribution is 6.35. The second-order valence-electron chi connectivity index (χ2n) is 12.6. The van der Waals surface area contributed by atoms with Gasteiger partial charge in [-0.1, -0.05) is 54.6 Å². The molecule has 0 aliphatic carbocycles. The fourth-order valence-corrected chi connectivity index (χ4v) is 6.80. The molecule has 8 heteroatoms. The molecule has 242 valence electrons. The molecule has 0 aromatic heterocycles. The molecule has 0 spiro atoms. The Morgan fingerprint density at radius 3 is 1.30 bits per heavy atom. The number of hydrogen-bond acceptors (Lipinski definition) is 6. The van der Waals surface area contributed by atoms with Gasteiger partial charge in [-0.3, -0.25) is 19.2 Å². The summed E-state index contributed by atoms with van der Waals surface area (Å²) >= 11 is 0. The van der Waals surface area contributed by atoms with Crippen LogP contribution in [0.3, 0.4) is 0 Å². The standard InChI is InChI=1S/C42H30N4O4/c1-23-24(2)38(46-40(48)35-18-10-29(22-37(35)42(46)50)26-5-13-31(44)14-6-26)20-19-33(23)27-7-15-32(16-8-27)45-39(47)34-17-9-28(21-36(34)41(45)49)25-3-11-30(43)12-4-25/h3-22H,43-44H2,1-2H3. The first-order valence-electron chi connectivity index (χ1n) is 16.1. The normalized spacial score (nSPS) is 13.6. The third-order valence-electron chi connectivity index (χ3n) is 9.70. The molecule has 8 nitrogen and oxygen atoms in total. The van der Waals surface area contributed by atoms with Gasteiger partial charge in [0.2, 0.25) is 0 Å². The van der Waals surface area contributed by atoms with Gasteiger partial charge in [-0.25, -0.2) is 9.80 Å². The topological polar surface area (TPSA) is 127 Å². The third kappa shape index (κ3) is 4.77. The van der Waals surface area contributed by atoms with Crippen LogP contribution in [0.4, 0.5) is 22.7 Å². The zero-order valence-electron chi connectivity index (χ0n) is 27.2. The van der Waals surface area contributed by atoms with E-state index in [4.69, 9.17) is 11.5 Å². The van der Waals surface area contributed by atoms with E-state index in [-0.39, 0.29) is 23.6 Å². The Morgan fingerprint density at radius 1 is 0.380 bits per heavy atom. The van der Waals surface area contributed by atoms with Crippen LogP contribution in [0, 0.1) is 13.8 Å². The van der Waals surface area contributed by atoms with Crippen LogP contribution in [0.1, 0.15) is 52.6 Å². The minimum absolute atomic E-state index is 0.352. The van der Waals surface area contributed by atoms with Crippen LogP contribution >= 0.6 is 0 Å². The lowest BCUT2D eigenvalue weighted by Crippen LogP contribution is -2.30. The van der Waals surface area contributed by atoms with Gasteiger partial charge in [-0.2, -0.15) is 0 Å². The quantitative estimate of drug-likeness (QED) is 0.143. The molecule has 6 aromatic carbocycles. The summed E-state index contributed by atoms with van der Waals surface area (Å²) in [7, 11) is 0. The highest BCUT2D eigenvalue weighted by Crippen LogP contribution is 2.38. The SMILES string of the molecule is Cc1c(-c2ccc(N3C(=O)c4ccc(-c5ccc(N)cc5)cc4C3=O)cc2)ccc(N2C(=O)c3ccc(-c4ccc(N)cc4)cc3C2=O)c1C. The van der Waals surface area contributed by atoms with Gasteiger partial charge in [0, 0.05) is 11.4 Å². The molecule has 0 unspecified atom stereocenters. The minimum Gasteiger partial charge on any atom is -0.399 e. The zero-order chi connectivity index (χ0) is 34.8. The Hall–Kier alpha value is -6.80. The van der Waals surface area contributed by atoms with Gasteiger partial charge in [0.1, 0.15) is 0 Å². The Balaban J connectivity index is 1.05. The van der Waals surface area contributed by atoms with Crippen LogP contribution < -0.4 is 21.3 Å². The number of anilines is 4. The molecule has 0 radical (unpaired) electrons. The average molecular weight is 655 g/mol. The number of nitrogens with two attached hydrogens (primary N) is 2. The van der Waals surface area contributed by atoms with E-state index in [9.17, 15) is 19.2 Å². The van der Waals surface area contributed by atoms with Crippen molar-refractivity contribution in [1.82, 2.24) is 0 Å². The first-order chi connectivity index (χ1) is 24.1. The summed E-state index contributed by atoms with van der Waals surface area (Å²) in [5.74, 6) is -1.49. The number of carbonyl (C=O) groups excluding carboxylic acids is 4. The summed E-state index contributed by atoms with van der Waals surface area (Å²) in [6.45, 7) is 3.84. The second-order valence-corrected chi connectivity index (χ2v) is 12.6. The number of rotatable bonds is 5. The van der Waals surface area contributed by atoms with Crippen molar-refractivity contribution in [1.29, 1.82) is 0 Å². The van der Waals surface area contributed by atoms with Gasteiger partial charge in [-0.05, 0) is 125 Å². The number of hydrogen-bond donors (Lipinski definition) is 2. The lowest BCUT2D eigenvalue weighted by atomic mass is 9.95. The van der Waals surface area contributed by atoms with E-state index in [1.54, 1.807) is 66.7 Å². The van der Waals surface area contributed by atoms with Crippen LogP contribution in [0.15, 0.2) is 121 Å². The maximum absolute atomic E-state index is 13.7. The Morgan fingerprint density at radius 2 is 0.780 bits per heavy atom. The Bertz CT molecular complexity index is 2430. The van der Waals surface area contributed by atoms with E-state index < -0.39 is 0 Å². The van der Waals surface area contributed by atoms with Crippen LogP contribution in [0.2, 0.25) is 0 Å². The van der Waals surface area contributed by atoms with Gasteiger partial charge in [-0.15, -0.1) is 0 Å². The van der Waals surface area contributed by atoms with Crippen molar-refractivity contribution < 1.29 is 19.2 Å². The highest BCUT2D eigenvalue weighted by atomic mass is 16.2. The molecule has 6 aromatic rings. The molecule has 0 fully saturated rings. The smallest absolute Gasteiger partial charge is 0.266 e. The average Bonchev–Trinajstić information content (AvgIpc) is 3.53. The lowest BCUT2D eigenvalue weighted by molar-refractivity contribution is 0.0910. The van der Waals surface area contributed by atoms with E-state index in [1.807, 2.05) is 68.4 Å². The number of benzene rings is 6. The van der Waals surface area contributed by atoms with E-state index in [0.29, 0.717) is 45.0 Å². The van der Waals surface area contributed by atoms with Crippen molar-refractivity contribution in [3.63, 3.8) is 0 Å². The molecule has 50 heavy (non-hydrogen) atoms. The Labute approximate surface area is 288 Å². The van der Waals surface area contributed by atoms with Gasteiger partial charge in [0.15, 0.2) is 0 Å². The first-order valence-corrected chi connectivity index (χ1v) is 16.1. The maximum atomic E-state index is 13.7. The predicted octanol–water partition coefficient (Wildman–Crippen LogP) is 8.07. The fraction of sp³-hybridized carbons (Fsp3) is 0.0476. The van der Waals surface area contributed by atoms with E-state index in [0.717, 1.165) is 44.5 Å². The molecule has 0 saturated heterocycles. The van der Waals surface area contributed by atoms with Crippen molar-refractivity contribution in [2.24, 2.45) is 0 Å². The zero-order valence-corrected chi connectivity index (χ0v) is 27.2. The van der Waals surface area contributed by atoms with E-state index in [1.165, 1.54) is 9.80 Å². The third-order valence-corrected chi connectivity index (χ3v) is 9.70. The number of nitrogens with zero attached hydrogens (tertiary/aromatic N) is 2. The van der Waals surface area contributed by atoms with Crippen molar-refractivity contribution in [2.45, 2.75) is 13.8 Å². The second kappa shape index (κ2) is 11.4. The molecule has 0 bridgehead atoms. The number of amides is 4. The predicted molar refractivity (Wildman–Crippen MR) is 196 cm³/mol. The van der Waals surface area contributed by atoms with E-state index in [2.05, 4.69) is 0 Å². The minimum atomic E-state index is -0.382. The number of carbonyl (C=O) groups is 4. The van der Waals surface area contributed by atoms with Crippen molar-refractivity contribution in [3.8, 4) is 33.4 Å². The molecule has 8 rings (SSSR count). The molecular weight excluding hydrogens is 624 g/mol. The van der Waals surface area contributed by atoms with Crippen LogP contribution in [0.5, 0.6) is 0 Å². The largest absolute Gasteiger partial charge is 0.399 e. The van der Waals surface area contributed by atoms with Gasteiger partial charge >= 0.3 is 0 Å². The molecule has 2 aliphatic heterocycles. The molecule has 0 atom stereocenters. The monoisotopic (exact) mass is 654 g/mol. The molecular formula is C42H30N4O4. The summed E-state index contributed by atoms with van der Waals surface area (Å²) in [6, 6.07) is 36.2. The van der Waals surface area contributed by atoms with E-state index >= 15 is 0 Å². The summed E-state index contributed by atoms with van der Waals surface area (Å²) in [6.07, 6.45) is 0. The fourth-order valence-electron chi connectivity index (χ4n) is 6.80. The number of imide groups is 2. The molecule has 4 N–H and O–H groups in total. The van der Waals surface area contributed by atoms with Crippen molar-refractivity contribution >= 4 is 46.4 Å². The molecule has 0 saturated carbocycles. The molecule has 4 amide bonds. The maximum Gasteiger partial charge on any atom is 0.266 e. The molecule has 2 aliphatic rings. The molecule has 2 heterocycles. The Kier molecular flexibility index (Phi) is 6.97. The van der Waals surface area contributed by atoms with Gasteiger partial charge in [0.25, 0.3) is 23.6 Å². The van der Waals surface area contributed by atoms with Gasteiger partial charge in [0.05, 0.1) is 33.6 Å². The van der Waals surface area contributed by atoms with Crippen molar-refractivity contribution in [2.75, 3.05) is 21.3 Å². The number of fused-ring (bicyclic) bond motifs is 2. The van der Waals surface area contributed by atoms with Crippen LogP contribution in [-0.2, 0) is 0 Å². The number of nitrogen functional groups attached to an aromatic ring is 2. The summed E-state index contributed by atoms with van der Waals surface area (Å²) in [5, 5.41) is 0. The van der Waals surface area contributed by atoms with Gasteiger partial charge < -0.3 is 11.5 Å². The highest BCUT2D eigenvalue weighted by Gasteiger charge is 2.39. The van der Waals surface area contributed by atoms with Crippen LogP contribution in [0.25, 0.3) is 33.4 Å². The summed E-state index contributed by atoms with van der Waals surface area (Å²) in [5.41, 5.74) is 22.2. The summed E-state index contributed by atoms with van der Waals surface area (Å²) in [4.78, 5) is 56.6.